The van der Waals surface area contributed by atoms with Gasteiger partial charge in [0.2, 0.25) is 0 Å². The number of carbonyl (C=O) groups is 3. The predicted octanol–water partition coefficient (Wildman–Crippen LogP) is 4.10. The summed E-state index contributed by atoms with van der Waals surface area (Å²) in [6.45, 7) is 1.66. The number of nitrogens with zero attached hydrogens (tertiary/aromatic N) is 1. The Labute approximate surface area is 235 Å². The average Bonchev–Trinajstić information content (AvgIpc) is 2.93. The Morgan fingerprint density at radius 3 is 2.38 bits per heavy atom. The fourth-order valence-corrected chi connectivity index (χ4v) is 3.68. The molecule has 0 unspecified atom stereocenters. The molecule has 0 saturated heterocycles. The standard InChI is InChI=1S/C27H26Cl2N4O6/c1-16-4-7-19(28)12-22(16)32-24(34)15-39-25-21(29)10-18(11-23(25)38-3)14-31-33-27(36)26(35)30-13-17-5-8-20(37-2)9-6-17/h4-12,14H,13,15H2,1-3H3,(H,30,35)(H,32,34)(H,33,36)/b31-14-. The topological polar surface area (TPSA) is 127 Å². The summed E-state index contributed by atoms with van der Waals surface area (Å²) in [6, 6.07) is 15.2. The molecule has 0 aliphatic carbocycles. The molecule has 204 valence electrons. The number of halogens is 2. The number of amides is 3. The first-order valence-electron chi connectivity index (χ1n) is 11.5. The highest BCUT2D eigenvalue weighted by molar-refractivity contribution is 6.35. The van der Waals surface area contributed by atoms with Crippen LogP contribution in [0, 0.1) is 6.92 Å². The molecule has 3 aromatic rings. The van der Waals surface area contributed by atoms with Crippen LogP contribution in [-0.2, 0) is 20.9 Å². The number of hydrazone groups is 1. The number of rotatable bonds is 10. The van der Waals surface area contributed by atoms with E-state index >= 15 is 0 Å². The molecule has 3 aromatic carbocycles. The van der Waals surface area contributed by atoms with E-state index in [2.05, 4.69) is 21.2 Å². The maximum atomic E-state index is 12.4. The lowest BCUT2D eigenvalue weighted by Crippen LogP contribution is -2.37. The van der Waals surface area contributed by atoms with Crippen molar-refractivity contribution in [3.63, 3.8) is 0 Å². The van der Waals surface area contributed by atoms with Gasteiger partial charge in [0.05, 0.1) is 25.5 Å². The number of hydrogen-bond donors (Lipinski definition) is 3. The third-order valence-corrected chi connectivity index (χ3v) is 5.79. The second kappa shape index (κ2) is 14.0. The molecule has 0 aliphatic heterocycles. The number of benzene rings is 3. The molecule has 0 aromatic heterocycles. The van der Waals surface area contributed by atoms with Crippen LogP contribution in [0.2, 0.25) is 10.0 Å². The summed E-state index contributed by atoms with van der Waals surface area (Å²) < 4.78 is 16.0. The summed E-state index contributed by atoms with van der Waals surface area (Å²) in [7, 11) is 2.96. The maximum absolute atomic E-state index is 12.4. The molecule has 3 rings (SSSR count). The van der Waals surface area contributed by atoms with Crippen molar-refractivity contribution in [2.24, 2.45) is 5.10 Å². The minimum Gasteiger partial charge on any atom is -0.497 e. The van der Waals surface area contributed by atoms with E-state index in [0.29, 0.717) is 22.0 Å². The van der Waals surface area contributed by atoms with Gasteiger partial charge in [-0.15, -0.1) is 0 Å². The average molecular weight is 573 g/mol. The van der Waals surface area contributed by atoms with Crippen molar-refractivity contribution in [1.29, 1.82) is 0 Å². The molecule has 0 aliphatic rings. The lowest BCUT2D eigenvalue weighted by atomic mass is 10.2. The van der Waals surface area contributed by atoms with Crippen LogP contribution in [-0.4, -0.2) is 44.8 Å². The minimum absolute atomic E-state index is 0.145. The van der Waals surface area contributed by atoms with Gasteiger partial charge in [0, 0.05) is 17.3 Å². The van der Waals surface area contributed by atoms with E-state index in [1.54, 1.807) is 55.6 Å². The molecule has 3 amide bonds. The van der Waals surface area contributed by atoms with Crippen molar-refractivity contribution in [2.75, 3.05) is 26.1 Å². The molecule has 0 radical (unpaired) electrons. The molecular formula is C27H26Cl2N4O6. The molecule has 10 nitrogen and oxygen atoms in total. The van der Waals surface area contributed by atoms with E-state index < -0.39 is 17.7 Å². The van der Waals surface area contributed by atoms with Gasteiger partial charge in [-0.3, -0.25) is 14.4 Å². The molecule has 0 fully saturated rings. The SMILES string of the molecule is COc1ccc(CNC(=O)C(=O)N/N=C\c2cc(Cl)c(OCC(=O)Nc3cc(Cl)ccc3C)c(OC)c2)cc1. The maximum Gasteiger partial charge on any atom is 0.329 e. The fourth-order valence-electron chi connectivity index (χ4n) is 3.23. The number of aryl methyl sites for hydroxylation is 1. The molecule has 39 heavy (non-hydrogen) atoms. The lowest BCUT2D eigenvalue weighted by molar-refractivity contribution is -0.139. The van der Waals surface area contributed by atoms with Gasteiger partial charge >= 0.3 is 11.8 Å². The van der Waals surface area contributed by atoms with E-state index in [1.165, 1.54) is 19.4 Å². The van der Waals surface area contributed by atoms with Crippen LogP contribution in [0.4, 0.5) is 5.69 Å². The van der Waals surface area contributed by atoms with Gasteiger partial charge in [-0.25, -0.2) is 5.43 Å². The third kappa shape index (κ3) is 8.62. The zero-order valence-electron chi connectivity index (χ0n) is 21.3. The lowest BCUT2D eigenvalue weighted by Gasteiger charge is -2.14. The van der Waals surface area contributed by atoms with E-state index in [9.17, 15) is 14.4 Å². The summed E-state index contributed by atoms with van der Waals surface area (Å²) in [6.07, 6.45) is 1.28. The van der Waals surface area contributed by atoms with Gasteiger partial charge < -0.3 is 24.8 Å². The predicted molar refractivity (Wildman–Crippen MR) is 149 cm³/mol. The van der Waals surface area contributed by atoms with Crippen molar-refractivity contribution in [3.8, 4) is 17.2 Å². The number of ether oxygens (including phenoxy) is 3. The summed E-state index contributed by atoms with van der Waals surface area (Å²) in [5.74, 6) is -1.15. The van der Waals surface area contributed by atoms with Gasteiger partial charge in [-0.05, 0) is 60.0 Å². The van der Waals surface area contributed by atoms with Gasteiger partial charge in [-0.1, -0.05) is 41.4 Å². The summed E-state index contributed by atoms with van der Waals surface area (Å²) in [5, 5.41) is 9.66. The molecule has 3 N–H and O–H groups in total. The van der Waals surface area contributed by atoms with Crippen LogP contribution in [0.3, 0.4) is 0 Å². The first kappa shape index (κ1) is 29.3. The summed E-state index contributed by atoms with van der Waals surface area (Å²) >= 11 is 12.3. The third-order valence-electron chi connectivity index (χ3n) is 5.27. The zero-order chi connectivity index (χ0) is 28.4. The summed E-state index contributed by atoms with van der Waals surface area (Å²) in [5.41, 5.74) is 4.80. The van der Waals surface area contributed by atoms with E-state index in [0.717, 1.165) is 11.1 Å². The second-order valence-corrected chi connectivity index (χ2v) is 8.90. The second-order valence-electron chi connectivity index (χ2n) is 8.06. The van der Waals surface area contributed by atoms with E-state index in [4.69, 9.17) is 37.4 Å². The van der Waals surface area contributed by atoms with Gasteiger partial charge in [0.15, 0.2) is 18.1 Å². The highest BCUT2D eigenvalue weighted by atomic mass is 35.5. The number of anilines is 1. The Kier molecular flexibility index (Phi) is 10.5. The van der Waals surface area contributed by atoms with E-state index in [1.807, 2.05) is 6.92 Å². The number of carbonyl (C=O) groups excluding carboxylic acids is 3. The molecule has 0 bridgehead atoms. The normalized spacial score (nSPS) is 10.6. The van der Waals surface area contributed by atoms with Crippen LogP contribution < -0.4 is 30.3 Å². The van der Waals surface area contributed by atoms with Crippen LogP contribution in [0.1, 0.15) is 16.7 Å². The Bertz CT molecular complexity index is 1380. The molecular weight excluding hydrogens is 547 g/mol. The van der Waals surface area contributed by atoms with E-state index in [-0.39, 0.29) is 29.7 Å². The smallest absolute Gasteiger partial charge is 0.329 e. The fraction of sp³-hybridized carbons (Fsp3) is 0.185. The van der Waals surface area contributed by atoms with Gasteiger partial charge in [0.1, 0.15) is 5.75 Å². The van der Waals surface area contributed by atoms with Crippen molar-refractivity contribution < 1.29 is 28.6 Å². The van der Waals surface area contributed by atoms with Crippen LogP contribution in [0.5, 0.6) is 17.2 Å². The molecule has 0 heterocycles. The van der Waals surface area contributed by atoms with Crippen LogP contribution in [0.25, 0.3) is 0 Å². The van der Waals surface area contributed by atoms with Crippen molar-refractivity contribution >= 4 is 52.8 Å². The van der Waals surface area contributed by atoms with Crippen molar-refractivity contribution in [3.05, 3.63) is 81.3 Å². The molecule has 0 saturated carbocycles. The molecule has 12 heteroatoms. The Morgan fingerprint density at radius 1 is 0.949 bits per heavy atom. The Hall–Kier alpha value is -4.28. The number of hydrogen-bond acceptors (Lipinski definition) is 7. The Balaban J connectivity index is 1.54. The van der Waals surface area contributed by atoms with Crippen LogP contribution >= 0.6 is 23.2 Å². The first-order valence-corrected chi connectivity index (χ1v) is 12.3. The van der Waals surface area contributed by atoms with Gasteiger partial charge in [-0.2, -0.15) is 5.10 Å². The highest BCUT2D eigenvalue weighted by Gasteiger charge is 2.15. The van der Waals surface area contributed by atoms with Gasteiger partial charge in [0.25, 0.3) is 5.91 Å². The van der Waals surface area contributed by atoms with Crippen molar-refractivity contribution in [2.45, 2.75) is 13.5 Å². The zero-order valence-corrected chi connectivity index (χ0v) is 22.9. The largest absolute Gasteiger partial charge is 0.497 e. The monoisotopic (exact) mass is 572 g/mol. The number of methoxy groups -OCH3 is 2. The molecule has 0 atom stereocenters. The Morgan fingerprint density at radius 2 is 1.69 bits per heavy atom. The number of nitrogens with one attached hydrogen (secondary N) is 3. The summed E-state index contributed by atoms with van der Waals surface area (Å²) in [4.78, 5) is 36.5. The highest BCUT2D eigenvalue weighted by Crippen LogP contribution is 2.36. The quantitative estimate of drug-likeness (QED) is 0.190. The minimum atomic E-state index is -0.946. The van der Waals surface area contributed by atoms with Crippen LogP contribution in [0.15, 0.2) is 59.7 Å². The van der Waals surface area contributed by atoms with Crippen molar-refractivity contribution in [1.82, 2.24) is 10.7 Å². The molecule has 0 spiro atoms. The first-order chi connectivity index (χ1) is 18.7.